The molecule has 3 rings (SSSR count). The highest BCUT2D eigenvalue weighted by molar-refractivity contribution is 7.17. The number of nitrogens with one attached hydrogen (secondary N) is 1. The van der Waals surface area contributed by atoms with Gasteiger partial charge in [0.05, 0.1) is 18.8 Å². The van der Waals surface area contributed by atoms with Gasteiger partial charge in [-0.1, -0.05) is 56.3 Å². The molecule has 0 bridgehead atoms. The number of nitrogens with zero attached hydrogens (tertiary/aromatic N) is 1. The third-order valence-corrected chi connectivity index (χ3v) is 5.30. The number of thiazole rings is 1. The van der Waals surface area contributed by atoms with Crippen LogP contribution in [0.2, 0.25) is 0 Å². The van der Waals surface area contributed by atoms with Gasteiger partial charge >= 0.3 is 0 Å². The molecule has 0 radical (unpaired) electrons. The largest absolute Gasteiger partial charge is 0.497 e. The molecular weight excluding hydrogens is 412 g/mol. The number of amides is 1. The molecule has 7 heteroatoms. The number of rotatable bonds is 7. The zero-order valence-electron chi connectivity index (χ0n) is 18.6. The number of aliphatic hydroxyl groups is 1. The number of hydrogen-bond acceptors (Lipinski definition) is 6. The SMILES string of the molecule is CC.CO.COc1cccc(-c2nc(C)c(C(=O)NC(C=O)Cc3ccccc3)s2)c1. The predicted octanol–water partition coefficient (Wildman–Crippen LogP) is 4.30. The first kappa shape index (κ1) is 26.0. The summed E-state index contributed by atoms with van der Waals surface area (Å²) in [4.78, 5) is 29.1. The van der Waals surface area contributed by atoms with Gasteiger partial charge in [0.25, 0.3) is 5.91 Å². The van der Waals surface area contributed by atoms with Crippen molar-refractivity contribution in [1.82, 2.24) is 10.3 Å². The summed E-state index contributed by atoms with van der Waals surface area (Å²) < 4.78 is 5.24. The van der Waals surface area contributed by atoms with Crippen LogP contribution in [0.25, 0.3) is 10.6 Å². The van der Waals surface area contributed by atoms with Crippen molar-refractivity contribution in [3.8, 4) is 16.3 Å². The molecule has 1 aromatic heterocycles. The van der Waals surface area contributed by atoms with Gasteiger partial charge in [-0.3, -0.25) is 4.79 Å². The molecule has 31 heavy (non-hydrogen) atoms. The number of aldehydes is 1. The highest BCUT2D eigenvalue weighted by atomic mass is 32.1. The van der Waals surface area contributed by atoms with Crippen LogP contribution in [0.5, 0.6) is 5.75 Å². The minimum atomic E-state index is -0.582. The van der Waals surface area contributed by atoms with Crippen LogP contribution in [-0.4, -0.2) is 42.5 Å². The van der Waals surface area contributed by atoms with E-state index in [0.717, 1.165) is 35.3 Å². The van der Waals surface area contributed by atoms with Gasteiger partial charge in [0.15, 0.2) is 0 Å². The maximum atomic E-state index is 12.7. The fraction of sp³-hybridized carbons (Fsp3) is 0.292. The van der Waals surface area contributed by atoms with Crippen LogP contribution in [-0.2, 0) is 11.2 Å². The minimum absolute atomic E-state index is 0.285. The quantitative estimate of drug-likeness (QED) is 0.533. The summed E-state index contributed by atoms with van der Waals surface area (Å²) in [6.07, 6.45) is 1.22. The molecule has 2 aromatic carbocycles. The van der Waals surface area contributed by atoms with E-state index in [-0.39, 0.29) is 5.91 Å². The highest BCUT2D eigenvalue weighted by Gasteiger charge is 2.19. The van der Waals surface area contributed by atoms with Crippen molar-refractivity contribution in [2.24, 2.45) is 0 Å². The van der Waals surface area contributed by atoms with Crippen LogP contribution < -0.4 is 10.1 Å². The average Bonchev–Trinajstić information content (AvgIpc) is 3.23. The summed E-state index contributed by atoms with van der Waals surface area (Å²) in [5.41, 5.74) is 2.52. The van der Waals surface area contributed by atoms with Crippen LogP contribution in [0.15, 0.2) is 54.6 Å². The summed E-state index contributed by atoms with van der Waals surface area (Å²) in [5, 5.41) is 10.5. The summed E-state index contributed by atoms with van der Waals surface area (Å²) in [5.74, 6) is 0.447. The number of aromatic nitrogens is 1. The van der Waals surface area contributed by atoms with E-state index < -0.39 is 6.04 Å². The maximum Gasteiger partial charge on any atom is 0.263 e. The number of aliphatic hydroxyl groups excluding tert-OH is 1. The fourth-order valence-corrected chi connectivity index (χ4v) is 3.69. The molecule has 0 aliphatic heterocycles. The molecule has 1 atom stereocenters. The van der Waals surface area contributed by atoms with Crippen molar-refractivity contribution in [1.29, 1.82) is 0 Å². The third-order valence-electron chi connectivity index (χ3n) is 4.10. The molecule has 0 spiro atoms. The van der Waals surface area contributed by atoms with Crippen molar-refractivity contribution in [2.75, 3.05) is 14.2 Å². The molecular formula is C24H30N2O4S. The lowest BCUT2D eigenvalue weighted by Gasteiger charge is -2.12. The number of carbonyl (C=O) groups is 2. The number of carbonyl (C=O) groups excluding carboxylic acids is 2. The van der Waals surface area contributed by atoms with E-state index in [1.54, 1.807) is 14.0 Å². The molecule has 0 saturated carbocycles. The van der Waals surface area contributed by atoms with Gasteiger partial charge in [-0.05, 0) is 31.0 Å². The Labute approximate surface area is 187 Å². The molecule has 1 unspecified atom stereocenters. The molecule has 0 saturated heterocycles. The molecule has 1 amide bonds. The topological polar surface area (TPSA) is 88.5 Å². The van der Waals surface area contributed by atoms with Gasteiger partial charge < -0.3 is 20.0 Å². The van der Waals surface area contributed by atoms with Crippen LogP contribution in [0.1, 0.15) is 34.8 Å². The average molecular weight is 443 g/mol. The smallest absolute Gasteiger partial charge is 0.263 e. The predicted molar refractivity (Wildman–Crippen MR) is 126 cm³/mol. The van der Waals surface area contributed by atoms with Crippen LogP contribution in [0, 0.1) is 6.92 Å². The normalized spacial score (nSPS) is 10.5. The van der Waals surface area contributed by atoms with Gasteiger partial charge in [-0.2, -0.15) is 0 Å². The van der Waals surface area contributed by atoms with Gasteiger partial charge in [0.1, 0.15) is 21.9 Å². The molecule has 0 fully saturated rings. The number of aryl methyl sites for hydroxylation is 1. The first-order valence-electron chi connectivity index (χ1n) is 9.97. The Balaban J connectivity index is 0.00000113. The lowest BCUT2D eigenvalue weighted by molar-refractivity contribution is -0.109. The van der Waals surface area contributed by atoms with E-state index in [4.69, 9.17) is 9.84 Å². The van der Waals surface area contributed by atoms with Crippen LogP contribution >= 0.6 is 11.3 Å². The molecule has 3 aromatic rings. The zero-order chi connectivity index (χ0) is 23.2. The van der Waals surface area contributed by atoms with Gasteiger partial charge in [-0.15, -0.1) is 11.3 Å². The van der Waals surface area contributed by atoms with Crippen LogP contribution in [0.4, 0.5) is 0 Å². The fourth-order valence-electron chi connectivity index (χ4n) is 2.72. The lowest BCUT2D eigenvalue weighted by atomic mass is 10.1. The second kappa shape index (κ2) is 14.1. The second-order valence-corrected chi connectivity index (χ2v) is 7.07. The second-order valence-electron chi connectivity index (χ2n) is 6.07. The molecule has 0 aliphatic carbocycles. The van der Waals surface area contributed by atoms with Crippen molar-refractivity contribution in [3.63, 3.8) is 0 Å². The monoisotopic (exact) mass is 442 g/mol. The lowest BCUT2D eigenvalue weighted by Crippen LogP contribution is -2.37. The number of ether oxygens (including phenoxy) is 1. The molecule has 166 valence electrons. The van der Waals surface area contributed by atoms with E-state index in [2.05, 4.69) is 10.3 Å². The Morgan fingerprint density at radius 1 is 1.16 bits per heavy atom. The van der Waals surface area contributed by atoms with E-state index >= 15 is 0 Å². The van der Waals surface area contributed by atoms with Crippen LogP contribution in [0.3, 0.4) is 0 Å². The Bertz CT molecular complexity index is 942. The number of benzene rings is 2. The number of hydrogen-bond donors (Lipinski definition) is 2. The zero-order valence-corrected chi connectivity index (χ0v) is 19.4. The summed E-state index contributed by atoms with van der Waals surface area (Å²) in [6, 6.07) is 16.6. The van der Waals surface area contributed by atoms with Crippen molar-refractivity contribution < 1.29 is 19.4 Å². The molecule has 2 N–H and O–H groups in total. The minimum Gasteiger partial charge on any atom is -0.497 e. The van der Waals surface area contributed by atoms with Gasteiger partial charge in [0, 0.05) is 12.7 Å². The molecule has 1 heterocycles. The van der Waals surface area contributed by atoms with E-state index in [0.29, 0.717) is 17.0 Å². The first-order valence-corrected chi connectivity index (χ1v) is 10.8. The summed E-state index contributed by atoms with van der Waals surface area (Å²) in [7, 11) is 2.61. The Morgan fingerprint density at radius 2 is 1.84 bits per heavy atom. The summed E-state index contributed by atoms with van der Waals surface area (Å²) >= 11 is 1.30. The number of methoxy groups -OCH3 is 1. The van der Waals surface area contributed by atoms with E-state index in [1.165, 1.54) is 11.3 Å². The van der Waals surface area contributed by atoms with Gasteiger partial charge in [0.2, 0.25) is 0 Å². The van der Waals surface area contributed by atoms with Crippen molar-refractivity contribution in [3.05, 3.63) is 70.7 Å². The standard InChI is InChI=1S/C21H20N2O3S.C2H6.CH4O/c1-14-19(27-21(22-14)16-9-6-10-18(12-16)26-2)20(25)23-17(13-24)11-15-7-4-3-5-8-15;2*1-2/h3-10,12-13,17H,11H2,1-2H3,(H,23,25);1-2H3;2H,1H3. The van der Waals surface area contributed by atoms with E-state index in [1.807, 2.05) is 68.4 Å². The van der Waals surface area contributed by atoms with Crippen molar-refractivity contribution >= 4 is 23.5 Å². The Hall–Kier alpha value is -3.03. The third kappa shape index (κ3) is 7.62. The van der Waals surface area contributed by atoms with Gasteiger partial charge in [-0.25, -0.2) is 4.98 Å². The van der Waals surface area contributed by atoms with Crippen molar-refractivity contribution in [2.45, 2.75) is 33.2 Å². The highest BCUT2D eigenvalue weighted by Crippen LogP contribution is 2.30. The molecule has 6 nitrogen and oxygen atoms in total. The maximum absolute atomic E-state index is 12.7. The Kier molecular flexibility index (Phi) is 11.8. The summed E-state index contributed by atoms with van der Waals surface area (Å²) in [6.45, 7) is 5.79. The first-order chi connectivity index (χ1) is 15.1. The Morgan fingerprint density at radius 3 is 2.45 bits per heavy atom. The van der Waals surface area contributed by atoms with E-state index in [9.17, 15) is 9.59 Å². The molecule has 0 aliphatic rings.